The van der Waals surface area contributed by atoms with E-state index in [0.29, 0.717) is 10.4 Å². The number of hydrogen-bond donors (Lipinski definition) is 1. The fourth-order valence-corrected chi connectivity index (χ4v) is 1.62. The summed E-state index contributed by atoms with van der Waals surface area (Å²) >= 11 is 11.7. The number of rotatable bonds is 1. The summed E-state index contributed by atoms with van der Waals surface area (Å²) in [4.78, 5) is 11.0. The van der Waals surface area contributed by atoms with E-state index in [1.54, 1.807) is 10.8 Å². The first kappa shape index (κ1) is 13.3. The first-order chi connectivity index (χ1) is 8.00. The molecule has 0 atom stereocenters. The Hall–Kier alpha value is -1.79. The van der Waals surface area contributed by atoms with Crippen molar-refractivity contribution in [1.82, 2.24) is 4.98 Å². The number of nitrogens with one attached hydrogen (secondary N) is 1. The maximum absolute atomic E-state index is 8.25. The third-order valence-electron chi connectivity index (χ3n) is 1.71. The Labute approximate surface area is 106 Å². The molecule has 90 valence electrons. The molecule has 8 heteroatoms. The van der Waals surface area contributed by atoms with Crippen molar-refractivity contribution in [3.63, 3.8) is 0 Å². The number of nitrogens with zero attached hydrogens (tertiary/aromatic N) is 2. The van der Waals surface area contributed by atoms with E-state index < -0.39 is 5.09 Å². The van der Waals surface area contributed by atoms with Gasteiger partial charge in [0.25, 0.3) is 0 Å². The van der Waals surface area contributed by atoms with Gasteiger partial charge in [-0.3, -0.25) is 0 Å². The zero-order chi connectivity index (χ0) is 12.8. The van der Waals surface area contributed by atoms with E-state index in [4.69, 9.17) is 38.5 Å². The third-order valence-corrected chi connectivity index (χ3v) is 2.18. The molecule has 0 saturated carbocycles. The van der Waals surface area contributed by atoms with Gasteiger partial charge >= 0.3 is 5.28 Å². The number of hydrogen-bond acceptors (Lipinski definition) is 3. The van der Waals surface area contributed by atoms with Crippen LogP contribution in [-0.4, -0.2) is 10.1 Å². The van der Waals surface area contributed by atoms with Gasteiger partial charge in [-0.05, 0) is 23.7 Å². The lowest BCUT2D eigenvalue weighted by Crippen LogP contribution is -2.28. The van der Waals surface area contributed by atoms with Crippen molar-refractivity contribution in [3.8, 4) is 5.69 Å². The molecule has 0 aliphatic carbocycles. The number of aromatic nitrogens is 2. The van der Waals surface area contributed by atoms with Crippen molar-refractivity contribution in [3.05, 3.63) is 62.3 Å². The van der Waals surface area contributed by atoms with Gasteiger partial charge in [-0.25, -0.2) is 4.98 Å². The maximum Gasteiger partial charge on any atom is 0.358 e. The summed E-state index contributed by atoms with van der Waals surface area (Å²) in [6, 6.07) is 9.75. The van der Waals surface area contributed by atoms with Crippen LogP contribution in [0.3, 0.4) is 0 Å². The van der Waals surface area contributed by atoms with Crippen LogP contribution < -0.4 is 4.57 Å². The van der Waals surface area contributed by atoms with Crippen molar-refractivity contribution < 1.29 is 9.65 Å². The van der Waals surface area contributed by atoms with Gasteiger partial charge in [0, 0.05) is 11.6 Å². The SMILES string of the molecule is Clc1c[n+](-c2ccccc2)c(Cl)[nH]1.O=[N+]([O-])[O-]. The second kappa shape index (κ2) is 6.07. The minimum Gasteiger partial charge on any atom is -0.356 e. The van der Waals surface area contributed by atoms with Gasteiger partial charge in [0.05, 0.1) is 5.09 Å². The average molecular weight is 276 g/mol. The Morgan fingerprint density at radius 3 is 2.12 bits per heavy atom. The second-order valence-corrected chi connectivity index (χ2v) is 3.59. The molecule has 1 N–H and O–H groups in total. The monoisotopic (exact) mass is 275 g/mol. The highest BCUT2D eigenvalue weighted by Gasteiger charge is 2.12. The molecule has 17 heavy (non-hydrogen) atoms. The molecule has 0 unspecified atom stereocenters. The minimum absolute atomic E-state index is 0.496. The first-order valence-electron chi connectivity index (χ1n) is 4.33. The van der Waals surface area contributed by atoms with Crippen molar-refractivity contribution in [2.24, 2.45) is 0 Å². The van der Waals surface area contributed by atoms with E-state index in [1.165, 1.54) is 0 Å². The highest BCUT2D eigenvalue weighted by Crippen LogP contribution is 2.09. The van der Waals surface area contributed by atoms with Crippen LogP contribution in [0.4, 0.5) is 0 Å². The van der Waals surface area contributed by atoms with Crippen molar-refractivity contribution >= 4 is 23.2 Å². The largest absolute Gasteiger partial charge is 0.358 e. The molecule has 1 aromatic carbocycles. The quantitative estimate of drug-likeness (QED) is 0.492. The van der Waals surface area contributed by atoms with Crippen LogP contribution in [0.15, 0.2) is 36.5 Å². The molecule has 6 nitrogen and oxygen atoms in total. The third kappa shape index (κ3) is 4.29. The lowest BCUT2D eigenvalue weighted by molar-refractivity contribution is -0.591. The number of H-pyrrole nitrogens is 1. The zero-order valence-electron chi connectivity index (χ0n) is 8.34. The van der Waals surface area contributed by atoms with Crippen molar-refractivity contribution in [2.45, 2.75) is 0 Å². The molecule has 0 spiro atoms. The van der Waals surface area contributed by atoms with E-state index >= 15 is 0 Å². The van der Waals surface area contributed by atoms with Gasteiger partial charge < -0.3 is 15.3 Å². The fraction of sp³-hybridized carbons (Fsp3) is 0. The lowest BCUT2D eigenvalue weighted by Gasteiger charge is -1.93. The molecule has 0 bridgehead atoms. The molecule has 0 aliphatic heterocycles. The minimum atomic E-state index is -1.75. The Morgan fingerprint density at radius 2 is 1.71 bits per heavy atom. The van der Waals surface area contributed by atoms with Crippen LogP contribution >= 0.6 is 23.2 Å². The van der Waals surface area contributed by atoms with Crippen molar-refractivity contribution in [1.29, 1.82) is 0 Å². The summed E-state index contributed by atoms with van der Waals surface area (Å²) in [5.74, 6) is 0. The van der Waals surface area contributed by atoms with Gasteiger partial charge in [-0.1, -0.05) is 18.2 Å². The first-order valence-corrected chi connectivity index (χ1v) is 5.09. The summed E-state index contributed by atoms with van der Waals surface area (Å²) in [6.45, 7) is 0. The van der Waals surface area contributed by atoms with Crippen LogP contribution in [0.25, 0.3) is 5.69 Å². The van der Waals surface area contributed by atoms with E-state index in [1.807, 2.05) is 30.3 Å². The van der Waals surface area contributed by atoms with Crippen LogP contribution in [-0.2, 0) is 0 Å². The number of halogens is 2. The normalized spacial score (nSPS) is 9.29. The second-order valence-electron chi connectivity index (χ2n) is 2.82. The molecule has 2 rings (SSSR count). The molecular weight excluding hydrogens is 269 g/mol. The summed E-state index contributed by atoms with van der Waals surface area (Å²) < 4.78 is 1.78. The van der Waals surface area contributed by atoms with Crippen molar-refractivity contribution in [2.75, 3.05) is 0 Å². The van der Waals surface area contributed by atoms with Crippen LogP contribution in [0.5, 0.6) is 0 Å². The molecule has 0 radical (unpaired) electrons. The number of benzene rings is 1. The Morgan fingerprint density at radius 1 is 1.18 bits per heavy atom. The number of imidazole rings is 1. The molecule has 0 saturated heterocycles. The Balaban J connectivity index is 0.000000317. The maximum atomic E-state index is 8.25. The van der Waals surface area contributed by atoms with E-state index in [2.05, 4.69) is 4.98 Å². The summed E-state index contributed by atoms with van der Waals surface area (Å²) in [7, 11) is 0. The van der Waals surface area contributed by atoms with Crippen LogP contribution in [0.1, 0.15) is 0 Å². The highest BCUT2D eigenvalue weighted by molar-refractivity contribution is 6.31. The summed E-state index contributed by atoms with van der Waals surface area (Å²) in [5, 5.41) is 15.8. The van der Waals surface area contributed by atoms with Gasteiger partial charge in [0.2, 0.25) is 5.15 Å². The molecule has 2 aromatic rings. The Kier molecular flexibility index (Phi) is 4.74. The summed E-state index contributed by atoms with van der Waals surface area (Å²) in [5.41, 5.74) is 0.982. The number of aromatic amines is 1. The molecule has 1 heterocycles. The van der Waals surface area contributed by atoms with Gasteiger partial charge in [-0.2, -0.15) is 4.57 Å². The van der Waals surface area contributed by atoms with Gasteiger partial charge in [-0.15, -0.1) is 0 Å². The molecule has 0 aliphatic rings. The van der Waals surface area contributed by atoms with E-state index in [9.17, 15) is 0 Å². The van der Waals surface area contributed by atoms with Crippen LogP contribution in [0, 0.1) is 15.3 Å². The molecule has 1 aromatic heterocycles. The van der Waals surface area contributed by atoms with Gasteiger partial charge in [0.1, 0.15) is 5.69 Å². The van der Waals surface area contributed by atoms with E-state index in [-0.39, 0.29) is 0 Å². The molecular formula is C9H7Cl2N3O3. The topological polar surface area (TPSA) is 85.9 Å². The summed E-state index contributed by atoms with van der Waals surface area (Å²) in [6.07, 6.45) is 1.74. The highest BCUT2D eigenvalue weighted by atomic mass is 35.5. The number of para-hydroxylation sites is 1. The lowest BCUT2D eigenvalue weighted by atomic mass is 10.3. The zero-order valence-corrected chi connectivity index (χ0v) is 9.85. The predicted molar refractivity (Wildman–Crippen MR) is 62.7 cm³/mol. The van der Waals surface area contributed by atoms with Crippen LogP contribution in [0.2, 0.25) is 10.4 Å². The van der Waals surface area contributed by atoms with Gasteiger partial charge in [0.15, 0.2) is 6.20 Å². The molecule has 0 amide bonds. The predicted octanol–water partition coefficient (Wildman–Crippen LogP) is 2.36. The van der Waals surface area contributed by atoms with E-state index in [0.717, 1.165) is 5.69 Å². The standard InChI is InChI=1S/C9H6Cl2N2.NO3/c10-8-6-13(9(11)12-8)7-4-2-1-3-5-7;2-1(3)4/h1-6H;/q;-1/p+1. The average Bonchev–Trinajstić information content (AvgIpc) is 2.58. The smallest absolute Gasteiger partial charge is 0.356 e. The Bertz CT molecular complexity index is 497. The fourth-order valence-electron chi connectivity index (χ4n) is 1.14. The molecule has 0 fully saturated rings.